The van der Waals surface area contributed by atoms with Crippen LogP contribution >= 0.6 is 11.6 Å². The van der Waals surface area contributed by atoms with Crippen molar-refractivity contribution in [3.63, 3.8) is 0 Å². The van der Waals surface area contributed by atoms with Gasteiger partial charge in [0.05, 0.1) is 35.4 Å². The summed E-state index contributed by atoms with van der Waals surface area (Å²) in [4.78, 5) is 20.2. The molecular formula is C31H37ClFN3O3. The van der Waals surface area contributed by atoms with Crippen molar-refractivity contribution in [1.29, 1.82) is 0 Å². The van der Waals surface area contributed by atoms with E-state index in [-0.39, 0.29) is 29.5 Å². The molecule has 1 amide bonds. The number of ether oxygens (including phenoxy) is 1. The molecule has 0 radical (unpaired) electrons. The number of aliphatic hydroxyl groups is 1. The molecule has 8 heteroatoms. The Morgan fingerprint density at radius 2 is 1.95 bits per heavy atom. The second-order valence-electron chi connectivity index (χ2n) is 11.2. The number of aliphatic hydroxyl groups excluding tert-OH is 1. The molecule has 6 nitrogen and oxygen atoms in total. The van der Waals surface area contributed by atoms with E-state index >= 15 is 0 Å². The predicted molar refractivity (Wildman–Crippen MR) is 153 cm³/mol. The van der Waals surface area contributed by atoms with Crippen LogP contribution < -0.4 is 10.1 Å². The molecular weight excluding hydrogens is 517 g/mol. The summed E-state index contributed by atoms with van der Waals surface area (Å²) in [5.41, 5.74) is 3.77. The van der Waals surface area contributed by atoms with Gasteiger partial charge in [0.25, 0.3) is 0 Å². The molecule has 2 aliphatic rings. The number of hydrogen-bond acceptors (Lipinski definition) is 5. The van der Waals surface area contributed by atoms with Crippen LogP contribution in [0.4, 0.5) is 4.39 Å². The Morgan fingerprint density at radius 1 is 1.21 bits per heavy atom. The molecule has 0 saturated carbocycles. The fraction of sp³-hybridized carbons (Fsp3) is 0.484. The minimum atomic E-state index is -0.496. The van der Waals surface area contributed by atoms with Crippen molar-refractivity contribution in [3.05, 3.63) is 58.4 Å². The highest BCUT2D eigenvalue weighted by molar-refractivity contribution is 6.31. The fourth-order valence-corrected chi connectivity index (χ4v) is 6.39. The highest BCUT2D eigenvalue weighted by Crippen LogP contribution is 2.36. The number of halogens is 2. The van der Waals surface area contributed by atoms with Crippen molar-refractivity contribution in [2.45, 2.75) is 83.5 Å². The predicted octanol–water partition coefficient (Wildman–Crippen LogP) is 5.83. The number of nitrogens with one attached hydrogen (secondary N) is 1. The molecule has 2 atom stereocenters. The number of carbonyl (C=O) groups is 1. The van der Waals surface area contributed by atoms with Crippen molar-refractivity contribution in [1.82, 2.24) is 15.2 Å². The monoisotopic (exact) mass is 553 g/mol. The first kappa shape index (κ1) is 27.8. The lowest BCUT2D eigenvalue weighted by Gasteiger charge is -2.37. The van der Waals surface area contributed by atoms with Crippen molar-refractivity contribution in [3.8, 4) is 17.0 Å². The van der Waals surface area contributed by atoms with E-state index < -0.39 is 5.82 Å². The van der Waals surface area contributed by atoms with Crippen LogP contribution in [-0.2, 0) is 11.2 Å². The molecule has 2 fully saturated rings. The maximum Gasteiger partial charge on any atom is 0.224 e. The summed E-state index contributed by atoms with van der Waals surface area (Å²) < 4.78 is 20.0. The van der Waals surface area contributed by atoms with Gasteiger partial charge in [0.15, 0.2) is 0 Å². The van der Waals surface area contributed by atoms with Gasteiger partial charge in [-0.15, -0.1) is 0 Å². The van der Waals surface area contributed by atoms with Crippen LogP contribution in [0.1, 0.15) is 57.1 Å². The van der Waals surface area contributed by atoms with Crippen molar-refractivity contribution >= 4 is 28.4 Å². The van der Waals surface area contributed by atoms with E-state index in [0.29, 0.717) is 29.9 Å². The third kappa shape index (κ3) is 6.21. The molecule has 2 saturated heterocycles. The molecule has 2 aliphatic heterocycles. The minimum Gasteiger partial charge on any atom is -0.494 e. The summed E-state index contributed by atoms with van der Waals surface area (Å²) in [7, 11) is 0. The highest BCUT2D eigenvalue weighted by Gasteiger charge is 2.39. The SMILES string of the molecule is Cc1c(CC(=O)NC(C)C)c(-c2ccc(F)c(Cl)c2)nc2ccc(OCCCN3[C@H]4CC[C@H]3CC(O)C4)cc12. The highest BCUT2D eigenvalue weighted by atomic mass is 35.5. The van der Waals surface area contributed by atoms with Crippen molar-refractivity contribution < 1.29 is 19.0 Å². The van der Waals surface area contributed by atoms with E-state index in [1.165, 1.54) is 18.9 Å². The second kappa shape index (κ2) is 11.8. The van der Waals surface area contributed by atoms with E-state index in [0.717, 1.165) is 53.6 Å². The van der Waals surface area contributed by atoms with Gasteiger partial charge in [-0.05, 0) is 100 Å². The van der Waals surface area contributed by atoms with Crippen LogP contribution in [0.3, 0.4) is 0 Å². The number of aromatic nitrogens is 1. The van der Waals surface area contributed by atoms with Crippen molar-refractivity contribution in [2.24, 2.45) is 0 Å². The third-order valence-electron chi connectivity index (χ3n) is 8.01. The number of pyridine rings is 1. The number of rotatable bonds is 9. The molecule has 0 spiro atoms. The molecule has 5 rings (SSSR count). The van der Waals surface area contributed by atoms with Gasteiger partial charge in [0.1, 0.15) is 11.6 Å². The van der Waals surface area contributed by atoms with Gasteiger partial charge < -0.3 is 15.2 Å². The summed E-state index contributed by atoms with van der Waals surface area (Å²) in [5.74, 6) is 0.166. The summed E-state index contributed by atoms with van der Waals surface area (Å²) >= 11 is 6.09. The van der Waals surface area contributed by atoms with Crippen LogP contribution in [0.25, 0.3) is 22.2 Å². The van der Waals surface area contributed by atoms with Crippen molar-refractivity contribution in [2.75, 3.05) is 13.2 Å². The van der Waals surface area contributed by atoms with Crippen LogP contribution in [0.5, 0.6) is 5.75 Å². The molecule has 2 N–H and O–H groups in total. The number of hydrogen-bond donors (Lipinski definition) is 2. The van der Waals surface area contributed by atoms with Crippen LogP contribution in [0.2, 0.25) is 5.02 Å². The van der Waals surface area contributed by atoms with Gasteiger partial charge >= 0.3 is 0 Å². The largest absolute Gasteiger partial charge is 0.494 e. The normalized spacial score (nSPS) is 21.1. The Bertz CT molecular complexity index is 1350. The van der Waals surface area contributed by atoms with Gasteiger partial charge in [-0.1, -0.05) is 11.6 Å². The summed E-state index contributed by atoms with van der Waals surface area (Å²) in [6.45, 7) is 7.42. The lowest BCUT2D eigenvalue weighted by Crippen LogP contribution is -2.45. The van der Waals surface area contributed by atoms with E-state index in [1.807, 2.05) is 39.0 Å². The average Bonchev–Trinajstić information content (AvgIpc) is 3.13. The number of carbonyl (C=O) groups excluding carboxylic acids is 1. The minimum absolute atomic E-state index is 0.0140. The zero-order chi connectivity index (χ0) is 27.7. The Hall–Kier alpha value is -2.74. The topological polar surface area (TPSA) is 74.7 Å². The molecule has 3 aromatic rings. The zero-order valence-corrected chi connectivity index (χ0v) is 23.6. The Labute approximate surface area is 234 Å². The number of fused-ring (bicyclic) bond motifs is 3. The summed E-state index contributed by atoms with van der Waals surface area (Å²) in [6.07, 6.45) is 5.06. The summed E-state index contributed by atoms with van der Waals surface area (Å²) in [5, 5.41) is 13.9. The quantitative estimate of drug-likeness (QED) is 0.326. The smallest absolute Gasteiger partial charge is 0.224 e. The first-order valence-electron chi connectivity index (χ1n) is 13.9. The maximum atomic E-state index is 13.9. The Balaban J connectivity index is 1.36. The molecule has 2 bridgehead atoms. The second-order valence-corrected chi connectivity index (χ2v) is 11.6. The average molecular weight is 554 g/mol. The number of piperidine rings is 1. The molecule has 39 heavy (non-hydrogen) atoms. The molecule has 3 heterocycles. The maximum absolute atomic E-state index is 13.9. The molecule has 208 valence electrons. The first-order chi connectivity index (χ1) is 18.7. The first-order valence-corrected chi connectivity index (χ1v) is 14.3. The number of amides is 1. The lowest BCUT2D eigenvalue weighted by molar-refractivity contribution is -0.120. The number of benzene rings is 2. The Morgan fingerprint density at radius 3 is 2.64 bits per heavy atom. The lowest BCUT2D eigenvalue weighted by atomic mass is 9.95. The standard InChI is InChI=1S/C31H37ClFN3O3/c1-18(2)34-30(38)17-26-19(3)25-16-24(39-12-4-11-36-21-6-7-22(36)15-23(37)14-21)8-10-29(25)35-31(26)20-5-9-28(33)27(32)13-20/h5,8-10,13,16,18,21-23,37H,4,6-7,11-12,14-15,17H2,1-3H3,(H,34,38)/t21-,22-/m0/s1. The van der Waals surface area contributed by atoms with Gasteiger partial charge in [-0.3, -0.25) is 9.69 Å². The fourth-order valence-electron chi connectivity index (χ4n) is 6.21. The van der Waals surface area contributed by atoms with Gasteiger partial charge in [-0.2, -0.15) is 0 Å². The number of nitrogens with zero attached hydrogens (tertiary/aromatic N) is 2. The molecule has 0 aliphatic carbocycles. The third-order valence-corrected chi connectivity index (χ3v) is 8.30. The van der Waals surface area contributed by atoms with Gasteiger partial charge in [-0.25, -0.2) is 9.37 Å². The van der Waals surface area contributed by atoms with Crippen LogP contribution in [0, 0.1) is 12.7 Å². The van der Waals surface area contributed by atoms with E-state index in [9.17, 15) is 14.3 Å². The zero-order valence-electron chi connectivity index (χ0n) is 22.8. The molecule has 0 unspecified atom stereocenters. The summed E-state index contributed by atoms with van der Waals surface area (Å²) in [6, 6.07) is 11.4. The molecule has 1 aromatic heterocycles. The van der Waals surface area contributed by atoms with Crippen LogP contribution in [-0.4, -0.2) is 58.3 Å². The Kier molecular flexibility index (Phi) is 8.40. The van der Waals surface area contributed by atoms with Gasteiger partial charge in [0.2, 0.25) is 5.91 Å². The van der Waals surface area contributed by atoms with E-state index in [2.05, 4.69) is 10.2 Å². The number of aryl methyl sites for hydroxylation is 1. The van der Waals surface area contributed by atoms with Gasteiger partial charge in [0, 0.05) is 35.6 Å². The van der Waals surface area contributed by atoms with Crippen LogP contribution in [0.15, 0.2) is 36.4 Å². The van der Waals surface area contributed by atoms with E-state index in [4.69, 9.17) is 21.3 Å². The molecule has 2 aromatic carbocycles. The van der Waals surface area contributed by atoms with E-state index in [1.54, 1.807) is 12.1 Å².